The molecule has 0 aliphatic rings. The summed E-state index contributed by atoms with van der Waals surface area (Å²) in [6.07, 6.45) is 0. The molecule has 1 aromatic carbocycles. The van der Waals surface area contributed by atoms with E-state index < -0.39 is 0 Å². The first-order valence-corrected chi connectivity index (χ1v) is 2.08. The Morgan fingerprint density at radius 3 is 2.43 bits per heavy atom. The minimum absolute atomic E-state index is 0. The molecule has 0 nitrogen and oxygen atoms in total. The molecular formula is C6H7Co-. The van der Waals surface area contributed by atoms with Crippen LogP contribution in [0.5, 0.6) is 0 Å². The van der Waals surface area contributed by atoms with Crippen molar-refractivity contribution in [3.8, 4) is 0 Å². The van der Waals surface area contributed by atoms with Gasteiger partial charge < -0.3 is 0 Å². The van der Waals surface area contributed by atoms with E-state index in [1.807, 2.05) is 12.1 Å². The molecular weight excluding hydrogens is 131 g/mol. The molecule has 0 amide bonds. The molecule has 0 saturated heterocycles. The Hall–Kier alpha value is -0.144. The van der Waals surface area contributed by atoms with Crippen LogP contribution in [0.3, 0.4) is 0 Å². The average molecular weight is 138 g/mol. The van der Waals surface area contributed by atoms with Crippen molar-refractivity contribution >= 4 is 0 Å². The standard InChI is InChI=1S/C6H7.Co/c1-6-4-2-3-5-6;/h2-5H,1H3;/q-1;. The van der Waals surface area contributed by atoms with Crippen molar-refractivity contribution in [1.82, 2.24) is 0 Å². The van der Waals surface area contributed by atoms with Crippen molar-refractivity contribution in [3.05, 3.63) is 29.8 Å². The van der Waals surface area contributed by atoms with E-state index in [1.54, 1.807) is 0 Å². The third-order valence-corrected chi connectivity index (χ3v) is 0.829. The summed E-state index contributed by atoms with van der Waals surface area (Å²) in [5, 5.41) is 0. The number of hydrogen-bond donors (Lipinski definition) is 0. The fourth-order valence-corrected chi connectivity index (χ4v) is 0.470. The first-order chi connectivity index (χ1) is 2.89. The molecule has 0 saturated carbocycles. The van der Waals surface area contributed by atoms with Gasteiger partial charge in [-0.2, -0.15) is 17.7 Å². The number of rotatable bonds is 0. The molecule has 0 aromatic heterocycles. The van der Waals surface area contributed by atoms with Crippen LogP contribution >= 0.6 is 0 Å². The molecule has 0 heterocycles. The van der Waals surface area contributed by atoms with Gasteiger partial charge in [-0.3, -0.25) is 0 Å². The van der Waals surface area contributed by atoms with Crippen LogP contribution in [0.2, 0.25) is 0 Å². The van der Waals surface area contributed by atoms with E-state index in [-0.39, 0.29) is 16.8 Å². The smallest absolute Gasteiger partial charge is 0 e. The zero-order chi connectivity index (χ0) is 4.41. The Labute approximate surface area is 54.1 Å². The van der Waals surface area contributed by atoms with Crippen LogP contribution < -0.4 is 0 Å². The summed E-state index contributed by atoms with van der Waals surface area (Å²) in [5.74, 6) is 0. The van der Waals surface area contributed by atoms with Gasteiger partial charge >= 0.3 is 0 Å². The molecule has 1 rings (SSSR count). The zero-order valence-corrected chi connectivity index (χ0v) is 5.18. The minimum atomic E-state index is 0. The zero-order valence-electron chi connectivity index (χ0n) is 4.14. The molecule has 0 N–H and O–H groups in total. The summed E-state index contributed by atoms with van der Waals surface area (Å²) in [6.45, 7) is 2.08. The summed E-state index contributed by atoms with van der Waals surface area (Å²) in [4.78, 5) is 0. The van der Waals surface area contributed by atoms with Gasteiger partial charge in [-0.25, -0.2) is 12.1 Å². The third kappa shape index (κ3) is 1.85. The summed E-state index contributed by atoms with van der Waals surface area (Å²) in [7, 11) is 0. The molecule has 0 aliphatic heterocycles. The Morgan fingerprint density at radius 2 is 2.29 bits per heavy atom. The summed E-state index contributed by atoms with van der Waals surface area (Å²) >= 11 is 0. The van der Waals surface area contributed by atoms with E-state index >= 15 is 0 Å². The second kappa shape index (κ2) is 2.94. The summed E-state index contributed by atoms with van der Waals surface area (Å²) in [6, 6.07) is 8.24. The van der Waals surface area contributed by atoms with E-state index in [1.165, 1.54) is 5.56 Å². The normalized spacial score (nSPS) is 7.57. The van der Waals surface area contributed by atoms with E-state index in [9.17, 15) is 0 Å². The van der Waals surface area contributed by atoms with Crippen molar-refractivity contribution in [1.29, 1.82) is 0 Å². The maximum absolute atomic E-state index is 2.08. The van der Waals surface area contributed by atoms with Crippen LogP contribution in [0.25, 0.3) is 0 Å². The fraction of sp³-hybridized carbons (Fsp3) is 0.167. The average Bonchev–Trinajstić information content (AvgIpc) is 1.86. The molecule has 1 radical (unpaired) electrons. The van der Waals surface area contributed by atoms with E-state index in [4.69, 9.17) is 0 Å². The van der Waals surface area contributed by atoms with Gasteiger partial charge in [0.25, 0.3) is 0 Å². The van der Waals surface area contributed by atoms with Crippen LogP contribution in [0.15, 0.2) is 24.3 Å². The first kappa shape index (κ1) is 6.86. The van der Waals surface area contributed by atoms with E-state index in [0.29, 0.717) is 0 Å². The van der Waals surface area contributed by atoms with Crippen LogP contribution in [0.1, 0.15) is 5.56 Å². The van der Waals surface area contributed by atoms with Crippen LogP contribution in [-0.2, 0) is 16.8 Å². The molecule has 0 fully saturated rings. The molecule has 0 bridgehead atoms. The molecule has 0 atom stereocenters. The van der Waals surface area contributed by atoms with Crippen molar-refractivity contribution in [3.63, 3.8) is 0 Å². The molecule has 7 heavy (non-hydrogen) atoms. The molecule has 0 aliphatic carbocycles. The van der Waals surface area contributed by atoms with Crippen molar-refractivity contribution in [2.24, 2.45) is 0 Å². The largest absolute Gasteiger partial charge is 0.213 e. The fourth-order valence-electron chi connectivity index (χ4n) is 0.470. The van der Waals surface area contributed by atoms with Gasteiger partial charge in [0.05, 0.1) is 0 Å². The summed E-state index contributed by atoms with van der Waals surface area (Å²) < 4.78 is 0. The summed E-state index contributed by atoms with van der Waals surface area (Å²) in [5.41, 5.74) is 1.34. The van der Waals surface area contributed by atoms with Crippen molar-refractivity contribution < 1.29 is 16.8 Å². The van der Waals surface area contributed by atoms with E-state index in [2.05, 4.69) is 19.1 Å². The van der Waals surface area contributed by atoms with Gasteiger partial charge in [-0.05, 0) is 0 Å². The van der Waals surface area contributed by atoms with Gasteiger partial charge in [0.15, 0.2) is 0 Å². The molecule has 1 heteroatoms. The number of hydrogen-bond acceptors (Lipinski definition) is 0. The monoisotopic (exact) mass is 138 g/mol. The topological polar surface area (TPSA) is 0 Å². The Bertz CT molecular complexity index is 108. The maximum Gasteiger partial charge on any atom is 0 e. The minimum Gasteiger partial charge on any atom is -0.213 e. The Morgan fingerprint density at radius 1 is 1.57 bits per heavy atom. The molecule has 0 spiro atoms. The Kier molecular flexibility index (Phi) is 2.88. The SMILES string of the molecule is Cc1ccc[cH-]1.[Co]. The first-order valence-electron chi connectivity index (χ1n) is 2.08. The molecule has 0 unspecified atom stereocenters. The van der Waals surface area contributed by atoms with Gasteiger partial charge in [-0.1, -0.05) is 6.92 Å². The molecule has 41 valence electrons. The van der Waals surface area contributed by atoms with E-state index in [0.717, 1.165) is 0 Å². The second-order valence-electron chi connectivity index (χ2n) is 1.46. The van der Waals surface area contributed by atoms with Crippen LogP contribution in [0, 0.1) is 6.92 Å². The second-order valence-corrected chi connectivity index (χ2v) is 1.46. The van der Waals surface area contributed by atoms with Gasteiger partial charge in [-0.15, -0.1) is 0 Å². The predicted octanol–water partition coefficient (Wildman–Crippen LogP) is 1.71. The van der Waals surface area contributed by atoms with Gasteiger partial charge in [0.2, 0.25) is 0 Å². The van der Waals surface area contributed by atoms with Crippen molar-refractivity contribution in [2.75, 3.05) is 0 Å². The van der Waals surface area contributed by atoms with Crippen LogP contribution in [0.4, 0.5) is 0 Å². The quantitative estimate of drug-likeness (QED) is 0.479. The third-order valence-electron chi connectivity index (χ3n) is 0.829. The van der Waals surface area contributed by atoms with Gasteiger partial charge in [0.1, 0.15) is 0 Å². The van der Waals surface area contributed by atoms with Crippen molar-refractivity contribution in [2.45, 2.75) is 6.92 Å². The molecule has 1 aromatic rings. The maximum atomic E-state index is 2.08. The van der Waals surface area contributed by atoms with Crippen LogP contribution in [-0.4, -0.2) is 0 Å². The van der Waals surface area contributed by atoms with Gasteiger partial charge in [0, 0.05) is 16.8 Å². The Balaban J connectivity index is 0.000000360. The predicted molar refractivity (Wildman–Crippen MR) is 26.8 cm³/mol. The number of aryl methyl sites for hydroxylation is 1.